The molecular formula is C18H36OSi. The lowest BCUT2D eigenvalue weighted by atomic mass is 10.1. The molecule has 0 aromatic rings. The fourth-order valence-electron chi connectivity index (χ4n) is 1.92. The first-order valence-electron chi connectivity index (χ1n) is 8.62. The van der Waals surface area contributed by atoms with Crippen molar-refractivity contribution in [2.75, 3.05) is 0 Å². The minimum atomic E-state index is -1.40. The molecule has 0 saturated carbocycles. The highest BCUT2D eigenvalue weighted by atomic mass is 28.4. The van der Waals surface area contributed by atoms with E-state index < -0.39 is 8.32 Å². The highest BCUT2D eigenvalue weighted by Gasteiger charge is 2.18. The molecule has 2 heteroatoms. The molecule has 0 heterocycles. The van der Waals surface area contributed by atoms with Crippen molar-refractivity contribution in [1.29, 1.82) is 0 Å². The van der Waals surface area contributed by atoms with Crippen LogP contribution in [0, 0.1) is 0 Å². The molecule has 118 valence electrons. The summed E-state index contributed by atoms with van der Waals surface area (Å²) in [4.78, 5) is 0. The van der Waals surface area contributed by atoms with E-state index in [1.807, 2.05) is 12.3 Å². The zero-order valence-electron chi connectivity index (χ0n) is 14.3. The topological polar surface area (TPSA) is 9.23 Å². The van der Waals surface area contributed by atoms with Gasteiger partial charge in [0.25, 0.3) is 0 Å². The first kappa shape index (κ1) is 19.5. The van der Waals surface area contributed by atoms with Gasteiger partial charge in [0.05, 0.1) is 6.26 Å². The summed E-state index contributed by atoms with van der Waals surface area (Å²) in [7, 11) is -1.40. The SMILES string of the molecule is CCCCCCCCCC/C=C/C=C/O[Si](C)(C)CC. The molecule has 0 atom stereocenters. The quantitative estimate of drug-likeness (QED) is 0.157. The van der Waals surface area contributed by atoms with Crippen LogP contribution in [-0.2, 0) is 4.43 Å². The normalized spacial score (nSPS) is 12.6. The molecule has 20 heavy (non-hydrogen) atoms. The summed E-state index contributed by atoms with van der Waals surface area (Å²) >= 11 is 0. The van der Waals surface area contributed by atoms with E-state index in [1.54, 1.807) is 0 Å². The Morgan fingerprint density at radius 1 is 0.800 bits per heavy atom. The van der Waals surface area contributed by atoms with Crippen molar-refractivity contribution in [1.82, 2.24) is 0 Å². The Bertz CT molecular complexity index is 256. The molecule has 0 aliphatic rings. The Morgan fingerprint density at radius 3 is 2.00 bits per heavy atom. The molecule has 0 aromatic heterocycles. The van der Waals surface area contributed by atoms with Gasteiger partial charge in [0.15, 0.2) is 0 Å². The second-order valence-corrected chi connectivity index (χ2v) is 10.7. The number of allylic oxidation sites excluding steroid dienone is 3. The van der Waals surface area contributed by atoms with E-state index in [2.05, 4.69) is 39.1 Å². The maximum Gasteiger partial charge on any atom is 0.244 e. The summed E-state index contributed by atoms with van der Waals surface area (Å²) < 4.78 is 5.78. The minimum Gasteiger partial charge on any atom is -0.549 e. The van der Waals surface area contributed by atoms with Crippen LogP contribution in [0.5, 0.6) is 0 Å². The van der Waals surface area contributed by atoms with Crippen LogP contribution in [0.25, 0.3) is 0 Å². The van der Waals surface area contributed by atoms with Crippen LogP contribution in [0.15, 0.2) is 24.5 Å². The van der Waals surface area contributed by atoms with Crippen molar-refractivity contribution in [3.05, 3.63) is 24.5 Å². The molecule has 0 spiro atoms. The molecule has 0 unspecified atom stereocenters. The molecule has 0 bridgehead atoms. The van der Waals surface area contributed by atoms with Gasteiger partial charge in [-0.1, -0.05) is 70.9 Å². The van der Waals surface area contributed by atoms with Gasteiger partial charge in [-0.3, -0.25) is 0 Å². The van der Waals surface area contributed by atoms with Crippen LogP contribution in [0.2, 0.25) is 19.1 Å². The Balaban J connectivity index is 3.34. The number of rotatable bonds is 13. The summed E-state index contributed by atoms with van der Waals surface area (Å²) in [6.07, 6.45) is 20.7. The van der Waals surface area contributed by atoms with Gasteiger partial charge in [0.2, 0.25) is 8.32 Å². The molecule has 0 amide bonds. The molecule has 0 aliphatic carbocycles. The molecule has 0 saturated heterocycles. The predicted molar refractivity (Wildman–Crippen MR) is 94.6 cm³/mol. The minimum absolute atomic E-state index is 1.17. The molecule has 0 fully saturated rings. The Labute approximate surface area is 128 Å². The van der Waals surface area contributed by atoms with Crippen LogP contribution in [0.4, 0.5) is 0 Å². The predicted octanol–water partition coefficient (Wildman–Crippen LogP) is 6.83. The van der Waals surface area contributed by atoms with Gasteiger partial charge >= 0.3 is 0 Å². The highest BCUT2D eigenvalue weighted by Crippen LogP contribution is 2.11. The van der Waals surface area contributed by atoms with E-state index in [4.69, 9.17) is 4.43 Å². The van der Waals surface area contributed by atoms with Crippen molar-refractivity contribution in [3.8, 4) is 0 Å². The average Bonchev–Trinajstić information content (AvgIpc) is 2.44. The van der Waals surface area contributed by atoms with Crippen molar-refractivity contribution in [2.24, 2.45) is 0 Å². The lowest BCUT2D eigenvalue weighted by Crippen LogP contribution is -2.26. The van der Waals surface area contributed by atoms with Crippen molar-refractivity contribution in [3.63, 3.8) is 0 Å². The lowest BCUT2D eigenvalue weighted by Gasteiger charge is -2.18. The van der Waals surface area contributed by atoms with Crippen LogP contribution in [-0.4, -0.2) is 8.32 Å². The van der Waals surface area contributed by atoms with Gasteiger partial charge in [-0.05, 0) is 38.1 Å². The number of unbranched alkanes of at least 4 members (excludes halogenated alkanes) is 8. The largest absolute Gasteiger partial charge is 0.549 e. The third-order valence-electron chi connectivity index (χ3n) is 3.79. The van der Waals surface area contributed by atoms with Crippen LogP contribution in [0.1, 0.15) is 71.6 Å². The smallest absolute Gasteiger partial charge is 0.244 e. The van der Waals surface area contributed by atoms with Gasteiger partial charge in [0, 0.05) is 0 Å². The standard InChI is InChI=1S/C18H36OSi/c1-5-7-8-9-10-11-12-13-14-15-16-17-18-19-20(3,4)6-2/h15-18H,5-14H2,1-4H3/b16-15+,18-17+. The van der Waals surface area contributed by atoms with Gasteiger partial charge in [-0.15, -0.1) is 0 Å². The molecular weight excluding hydrogens is 260 g/mol. The van der Waals surface area contributed by atoms with Crippen molar-refractivity contribution >= 4 is 8.32 Å². The molecule has 0 N–H and O–H groups in total. The number of hydrogen-bond acceptors (Lipinski definition) is 1. The van der Waals surface area contributed by atoms with E-state index in [9.17, 15) is 0 Å². The summed E-state index contributed by atoms with van der Waals surface area (Å²) in [5.74, 6) is 0. The summed E-state index contributed by atoms with van der Waals surface area (Å²) in [6, 6.07) is 1.17. The monoisotopic (exact) mass is 296 g/mol. The Hall–Kier alpha value is -0.503. The van der Waals surface area contributed by atoms with E-state index >= 15 is 0 Å². The van der Waals surface area contributed by atoms with E-state index in [1.165, 1.54) is 63.8 Å². The molecule has 0 radical (unpaired) electrons. The maximum absolute atomic E-state index is 5.78. The highest BCUT2D eigenvalue weighted by molar-refractivity contribution is 6.71. The van der Waals surface area contributed by atoms with E-state index in [-0.39, 0.29) is 0 Å². The maximum atomic E-state index is 5.78. The molecule has 0 aliphatic heterocycles. The third-order valence-corrected chi connectivity index (χ3v) is 6.27. The van der Waals surface area contributed by atoms with Crippen molar-refractivity contribution < 1.29 is 4.43 Å². The van der Waals surface area contributed by atoms with Crippen LogP contribution in [0.3, 0.4) is 0 Å². The summed E-state index contributed by atoms with van der Waals surface area (Å²) in [5.41, 5.74) is 0. The first-order valence-corrected chi connectivity index (χ1v) is 11.7. The molecule has 0 rings (SSSR count). The second-order valence-electron chi connectivity index (χ2n) is 6.25. The average molecular weight is 297 g/mol. The second kappa shape index (κ2) is 13.5. The fourth-order valence-corrected chi connectivity index (χ4v) is 2.54. The van der Waals surface area contributed by atoms with Crippen LogP contribution >= 0.6 is 0 Å². The lowest BCUT2D eigenvalue weighted by molar-refractivity contribution is 0.472. The third kappa shape index (κ3) is 13.9. The van der Waals surface area contributed by atoms with Gasteiger partial charge in [0.1, 0.15) is 0 Å². The van der Waals surface area contributed by atoms with Gasteiger partial charge in [-0.2, -0.15) is 0 Å². The first-order chi connectivity index (χ1) is 9.62. The van der Waals surface area contributed by atoms with Gasteiger partial charge < -0.3 is 4.43 Å². The van der Waals surface area contributed by atoms with Crippen molar-refractivity contribution in [2.45, 2.75) is 90.8 Å². The zero-order valence-corrected chi connectivity index (χ0v) is 15.3. The summed E-state index contributed by atoms with van der Waals surface area (Å²) in [6.45, 7) is 8.98. The fraction of sp³-hybridized carbons (Fsp3) is 0.778. The van der Waals surface area contributed by atoms with E-state index in [0.29, 0.717) is 0 Å². The van der Waals surface area contributed by atoms with E-state index in [0.717, 1.165) is 0 Å². The zero-order chi connectivity index (χ0) is 15.1. The summed E-state index contributed by atoms with van der Waals surface area (Å²) in [5, 5.41) is 0. The Morgan fingerprint density at radius 2 is 1.40 bits per heavy atom. The van der Waals surface area contributed by atoms with Gasteiger partial charge in [-0.25, -0.2) is 0 Å². The molecule has 1 nitrogen and oxygen atoms in total. The molecule has 0 aromatic carbocycles. The Kier molecular flexibility index (Phi) is 13.1. The van der Waals surface area contributed by atoms with Crippen LogP contribution < -0.4 is 0 Å². The number of hydrogen-bond donors (Lipinski definition) is 0.